The zero-order valence-corrected chi connectivity index (χ0v) is 8.29. The van der Waals surface area contributed by atoms with E-state index in [9.17, 15) is 5.11 Å². The van der Waals surface area contributed by atoms with E-state index in [4.69, 9.17) is 0 Å². The number of allylic oxidation sites excluding steroid dienone is 2. The minimum Gasteiger partial charge on any atom is -0.389 e. The first-order chi connectivity index (χ1) is 5.75. The van der Waals surface area contributed by atoms with Crippen molar-refractivity contribution in [3.63, 3.8) is 0 Å². The van der Waals surface area contributed by atoms with Gasteiger partial charge in [-0.3, -0.25) is 4.99 Å². The summed E-state index contributed by atoms with van der Waals surface area (Å²) in [4.78, 5) is 6.22. The minimum absolute atomic E-state index is 0. The number of aliphatic imine (C=N–C) groups is 1. The van der Waals surface area contributed by atoms with Crippen molar-refractivity contribution in [2.45, 2.75) is 13.0 Å². The molecule has 0 bridgehead atoms. The Morgan fingerprint density at radius 1 is 1.54 bits per heavy atom. The molecule has 2 heterocycles. The number of hydrogen-bond donors (Lipinski definition) is 1. The molecular formula is C9H13ClN2O. The standard InChI is InChI=1S/C9H12N2O.ClH/c1-7-2-3-9-10-4-8(12)6-11(9)5-7;/h2-3,5,8,12H,4,6H2,1H3;1H. The molecule has 0 fully saturated rings. The summed E-state index contributed by atoms with van der Waals surface area (Å²) in [5.41, 5.74) is 1.20. The van der Waals surface area contributed by atoms with E-state index in [0.29, 0.717) is 13.1 Å². The Bertz CT molecular complexity index is 283. The summed E-state index contributed by atoms with van der Waals surface area (Å²) in [6.07, 6.45) is 5.72. The number of halogens is 1. The molecule has 0 aliphatic carbocycles. The van der Waals surface area contributed by atoms with Crippen LogP contribution in [0.2, 0.25) is 0 Å². The van der Waals surface area contributed by atoms with Gasteiger partial charge in [0, 0.05) is 6.20 Å². The molecule has 1 unspecified atom stereocenters. The Morgan fingerprint density at radius 3 is 3.08 bits per heavy atom. The Morgan fingerprint density at radius 2 is 2.31 bits per heavy atom. The zero-order chi connectivity index (χ0) is 8.55. The molecule has 0 aromatic carbocycles. The molecule has 0 aromatic heterocycles. The first kappa shape index (κ1) is 10.3. The summed E-state index contributed by atoms with van der Waals surface area (Å²) in [6, 6.07) is 0. The van der Waals surface area contributed by atoms with Crippen molar-refractivity contribution >= 4 is 18.2 Å². The number of nitrogens with zero attached hydrogens (tertiary/aromatic N) is 2. The van der Waals surface area contributed by atoms with Crippen molar-refractivity contribution in [3.8, 4) is 0 Å². The molecule has 2 rings (SSSR count). The average Bonchev–Trinajstić information content (AvgIpc) is 2.03. The summed E-state index contributed by atoms with van der Waals surface area (Å²) < 4.78 is 0. The SMILES string of the molecule is CC1=CN2CC(O)CN=C2C=C1.Cl. The molecule has 2 aliphatic heterocycles. The molecule has 0 spiro atoms. The van der Waals surface area contributed by atoms with Gasteiger partial charge in [0.25, 0.3) is 0 Å². The van der Waals surface area contributed by atoms with Gasteiger partial charge in [0.1, 0.15) is 5.84 Å². The fraction of sp³-hybridized carbons (Fsp3) is 0.444. The lowest BCUT2D eigenvalue weighted by Gasteiger charge is -2.29. The highest BCUT2D eigenvalue weighted by Gasteiger charge is 2.19. The van der Waals surface area contributed by atoms with Gasteiger partial charge in [-0.05, 0) is 18.6 Å². The maximum atomic E-state index is 9.33. The Kier molecular flexibility index (Phi) is 3.12. The van der Waals surface area contributed by atoms with Crippen molar-refractivity contribution in [2.75, 3.05) is 13.1 Å². The number of fused-ring (bicyclic) bond motifs is 1. The van der Waals surface area contributed by atoms with Gasteiger partial charge in [-0.2, -0.15) is 0 Å². The monoisotopic (exact) mass is 200 g/mol. The van der Waals surface area contributed by atoms with Crippen LogP contribution in [0.4, 0.5) is 0 Å². The highest BCUT2D eigenvalue weighted by atomic mass is 35.5. The van der Waals surface area contributed by atoms with Crippen LogP contribution in [0.25, 0.3) is 0 Å². The second-order valence-electron chi connectivity index (χ2n) is 3.21. The number of hydrogen-bond acceptors (Lipinski definition) is 3. The lowest BCUT2D eigenvalue weighted by molar-refractivity contribution is 0.154. The first-order valence-electron chi connectivity index (χ1n) is 4.11. The quantitative estimate of drug-likeness (QED) is 0.632. The van der Waals surface area contributed by atoms with Gasteiger partial charge in [0.2, 0.25) is 0 Å². The van der Waals surface area contributed by atoms with Gasteiger partial charge >= 0.3 is 0 Å². The summed E-state index contributed by atoms with van der Waals surface area (Å²) in [6.45, 7) is 3.23. The van der Waals surface area contributed by atoms with Crippen molar-refractivity contribution in [1.29, 1.82) is 0 Å². The van der Waals surface area contributed by atoms with Gasteiger partial charge in [-0.1, -0.05) is 6.08 Å². The minimum atomic E-state index is -0.315. The van der Waals surface area contributed by atoms with Crippen molar-refractivity contribution < 1.29 is 5.11 Å². The van der Waals surface area contributed by atoms with E-state index in [2.05, 4.69) is 4.99 Å². The van der Waals surface area contributed by atoms with Crippen LogP contribution in [0.5, 0.6) is 0 Å². The van der Waals surface area contributed by atoms with Gasteiger partial charge in [0.15, 0.2) is 0 Å². The molecule has 0 radical (unpaired) electrons. The van der Waals surface area contributed by atoms with E-state index in [-0.39, 0.29) is 18.5 Å². The summed E-state index contributed by atoms with van der Waals surface area (Å²) in [5, 5.41) is 9.33. The predicted molar refractivity (Wildman–Crippen MR) is 55.2 cm³/mol. The number of amidine groups is 1. The van der Waals surface area contributed by atoms with Crippen molar-refractivity contribution in [2.24, 2.45) is 4.99 Å². The van der Waals surface area contributed by atoms with Crippen LogP contribution in [-0.2, 0) is 0 Å². The molecule has 0 amide bonds. The topological polar surface area (TPSA) is 35.8 Å². The molecular weight excluding hydrogens is 188 g/mol. The molecule has 2 aliphatic rings. The zero-order valence-electron chi connectivity index (χ0n) is 7.47. The Hall–Kier alpha value is -0.800. The van der Waals surface area contributed by atoms with Gasteiger partial charge in [-0.25, -0.2) is 0 Å². The fourth-order valence-electron chi connectivity index (χ4n) is 1.43. The Balaban J connectivity index is 0.000000845. The molecule has 4 heteroatoms. The van der Waals surface area contributed by atoms with Crippen LogP contribution in [0.15, 0.2) is 28.9 Å². The van der Waals surface area contributed by atoms with Crippen LogP contribution >= 0.6 is 12.4 Å². The third-order valence-electron chi connectivity index (χ3n) is 2.02. The van der Waals surface area contributed by atoms with E-state index in [1.807, 2.05) is 30.2 Å². The van der Waals surface area contributed by atoms with Crippen LogP contribution in [-0.4, -0.2) is 35.0 Å². The molecule has 13 heavy (non-hydrogen) atoms. The van der Waals surface area contributed by atoms with E-state index in [0.717, 1.165) is 5.84 Å². The van der Waals surface area contributed by atoms with E-state index in [1.54, 1.807) is 0 Å². The fourth-order valence-corrected chi connectivity index (χ4v) is 1.43. The maximum absolute atomic E-state index is 9.33. The summed E-state index contributed by atoms with van der Waals surface area (Å²) in [7, 11) is 0. The highest BCUT2D eigenvalue weighted by molar-refractivity contribution is 5.95. The van der Waals surface area contributed by atoms with Crippen molar-refractivity contribution in [3.05, 3.63) is 23.9 Å². The second-order valence-corrected chi connectivity index (χ2v) is 3.21. The van der Waals surface area contributed by atoms with E-state index < -0.39 is 0 Å². The molecule has 1 N–H and O–H groups in total. The Labute approximate surface area is 83.9 Å². The molecule has 0 saturated carbocycles. The second kappa shape index (κ2) is 3.94. The third-order valence-corrected chi connectivity index (χ3v) is 2.02. The number of aliphatic hydroxyl groups is 1. The average molecular weight is 201 g/mol. The molecule has 3 nitrogen and oxygen atoms in total. The van der Waals surface area contributed by atoms with Crippen molar-refractivity contribution in [1.82, 2.24) is 4.90 Å². The lowest BCUT2D eigenvalue weighted by atomic mass is 10.2. The number of rotatable bonds is 0. The molecule has 72 valence electrons. The van der Waals surface area contributed by atoms with Gasteiger partial charge in [-0.15, -0.1) is 12.4 Å². The largest absolute Gasteiger partial charge is 0.389 e. The highest BCUT2D eigenvalue weighted by Crippen LogP contribution is 2.13. The molecule has 0 aromatic rings. The van der Waals surface area contributed by atoms with E-state index in [1.165, 1.54) is 5.57 Å². The van der Waals surface area contributed by atoms with Crippen LogP contribution < -0.4 is 0 Å². The predicted octanol–water partition coefficient (Wildman–Crippen LogP) is 0.957. The van der Waals surface area contributed by atoms with Crippen LogP contribution in [0.3, 0.4) is 0 Å². The van der Waals surface area contributed by atoms with Crippen LogP contribution in [0, 0.1) is 0 Å². The normalized spacial score (nSPS) is 25.7. The van der Waals surface area contributed by atoms with Gasteiger partial charge < -0.3 is 10.0 Å². The van der Waals surface area contributed by atoms with Crippen LogP contribution in [0.1, 0.15) is 6.92 Å². The lowest BCUT2D eigenvalue weighted by Crippen LogP contribution is -2.39. The van der Waals surface area contributed by atoms with Gasteiger partial charge in [0.05, 0.1) is 19.2 Å². The smallest absolute Gasteiger partial charge is 0.127 e. The maximum Gasteiger partial charge on any atom is 0.127 e. The third kappa shape index (κ3) is 2.11. The first-order valence-corrected chi connectivity index (χ1v) is 4.11. The van der Waals surface area contributed by atoms with E-state index >= 15 is 0 Å². The molecule has 0 saturated heterocycles. The summed E-state index contributed by atoms with van der Waals surface area (Å²) in [5.74, 6) is 0.964. The summed E-state index contributed by atoms with van der Waals surface area (Å²) >= 11 is 0. The molecule has 1 atom stereocenters. The number of aliphatic hydroxyl groups excluding tert-OH is 1.